The average molecular weight is 376 g/mol. The van der Waals surface area contributed by atoms with Crippen molar-refractivity contribution < 1.29 is 9.59 Å². The number of fused-ring (bicyclic) bond motifs is 1. The lowest BCUT2D eigenvalue weighted by atomic mass is 10.1. The molecule has 2 N–H and O–H groups in total. The number of rotatable bonds is 8. The molecule has 0 saturated heterocycles. The largest absolute Gasteiger partial charge is 0.351 e. The van der Waals surface area contributed by atoms with Crippen LogP contribution in [0.2, 0.25) is 0 Å². The minimum absolute atomic E-state index is 0.226. The zero-order chi connectivity index (χ0) is 19.1. The summed E-state index contributed by atoms with van der Waals surface area (Å²) in [4.78, 5) is 28.1. The van der Waals surface area contributed by atoms with Crippen LogP contribution in [0.25, 0.3) is 0 Å². The molecule has 2 amide bonds. The number of thioether (sulfide) groups is 1. The maximum Gasteiger partial charge on any atom is 0.262 e. The molecule has 0 atom stereocenters. The van der Waals surface area contributed by atoms with Gasteiger partial charge in [0, 0.05) is 37.2 Å². The molecule has 0 radical (unpaired) electrons. The zero-order valence-electron chi connectivity index (χ0n) is 16.0. The summed E-state index contributed by atoms with van der Waals surface area (Å²) in [5.41, 5.74) is 0.790. The lowest BCUT2D eigenvalue weighted by Crippen LogP contribution is -2.38. The Balaban J connectivity index is 1.87. The second-order valence-corrected chi connectivity index (χ2v) is 8.48. The van der Waals surface area contributed by atoms with Crippen LogP contribution in [0.15, 0.2) is 40.1 Å². The van der Waals surface area contributed by atoms with Gasteiger partial charge in [-0.1, -0.05) is 51.6 Å². The summed E-state index contributed by atoms with van der Waals surface area (Å²) in [5.74, 6) is 0.726. The first kappa shape index (κ1) is 20.5. The number of anilines is 1. The van der Waals surface area contributed by atoms with Crippen LogP contribution in [0, 0.1) is 11.8 Å². The van der Waals surface area contributed by atoms with Crippen molar-refractivity contribution in [1.82, 2.24) is 10.2 Å². The van der Waals surface area contributed by atoms with Gasteiger partial charge >= 0.3 is 0 Å². The molecule has 1 aromatic rings. The van der Waals surface area contributed by atoms with Gasteiger partial charge in [-0.3, -0.25) is 9.59 Å². The third-order valence-corrected chi connectivity index (χ3v) is 4.91. The molecule has 142 valence electrons. The SMILES string of the molecule is CC(C)CN(CCNC(=O)/C=C1\Sc2ccccc2NC1=O)CC(C)C. The standard InChI is InChI=1S/C20H29N3O2S/c1-14(2)12-23(13-15(3)4)10-9-21-19(24)11-18-20(25)22-16-7-5-6-8-17(16)26-18/h5-8,11,14-15H,9-10,12-13H2,1-4H3,(H,21,24)(H,22,25)/b18-11-. The number of amides is 2. The Bertz CT molecular complexity index is 661. The summed E-state index contributed by atoms with van der Waals surface area (Å²) in [6.45, 7) is 12.2. The summed E-state index contributed by atoms with van der Waals surface area (Å²) in [7, 11) is 0. The molecule has 6 heteroatoms. The Morgan fingerprint density at radius 3 is 2.50 bits per heavy atom. The van der Waals surface area contributed by atoms with Gasteiger partial charge in [-0.05, 0) is 24.0 Å². The summed E-state index contributed by atoms with van der Waals surface area (Å²) >= 11 is 1.33. The molecule has 1 aliphatic heterocycles. The third-order valence-electron chi connectivity index (χ3n) is 3.82. The molecule has 26 heavy (non-hydrogen) atoms. The van der Waals surface area contributed by atoms with Crippen molar-refractivity contribution in [2.75, 3.05) is 31.5 Å². The fraction of sp³-hybridized carbons (Fsp3) is 0.500. The van der Waals surface area contributed by atoms with Gasteiger partial charge in [0.05, 0.1) is 10.6 Å². The zero-order valence-corrected chi connectivity index (χ0v) is 16.9. The van der Waals surface area contributed by atoms with E-state index in [9.17, 15) is 9.59 Å². The van der Waals surface area contributed by atoms with Gasteiger partial charge in [-0.25, -0.2) is 0 Å². The minimum atomic E-state index is -0.231. The quantitative estimate of drug-likeness (QED) is 0.684. The molecular weight excluding hydrogens is 346 g/mol. The van der Waals surface area contributed by atoms with Gasteiger partial charge in [0.15, 0.2) is 0 Å². The van der Waals surface area contributed by atoms with E-state index in [0.29, 0.717) is 23.3 Å². The minimum Gasteiger partial charge on any atom is -0.351 e. The number of hydrogen-bond acceptors (Lipinski definition) is 4. The first-order valence-corrected chi connectivity index (χ1v) is 9.97. The molecule has 0 bridgehead atoms. The normalized spacial score (nSPS) is 15.5. The van der Waals surface area contributed by atoms with Crippen LogP contribution in [0.4, 0.5) is 5.69 Å². The van der Waals surface area contributed by atoms with Crippen LogP contribution in [0.5, 0.6) is 0 Å². The van der Waals surface area contributed by atoms with Crippen LogP contribution in [-0.4, -0.2) is 42.9 Å². The van der Waals surface area contributed by atoms with Crippen LogP contribution >= 0.6 is 11.8 Å². The number of para-hydroxylation sites is 1. The monoisotopic (exact) mass is 375 g/mol. The van der Waals surface area contributed by atoms with Crippen molar-refractivity contribution in [3.63, 3.8) is 0 Å². The highest BCUT2D eigenvalue weighted by atomic mass is 32.2. The van der Waals surface area contributed by atoms with Gasteiger partial charge in [0.25, 0.3) is 5.91 Å². The molecule has 5 nitrogen and oxygen atoms in total. The predicted molar refractivity (Wildman–Crippen MR) is 108 cm³/mol. The van der Waals surface area contributed by atoms with Crippen molar-refractivity contribution in [3.05, 3.63) is 35.2 Å². The number of carbonyl (C=O) groups is 2. The first-order chi connectivity index (χ1) is 12.3. The van der Waals surface area contributed by atoms with Crippen molar-refractivity contribution in [2.24, 2.45) is 11.8 Å². The summed E-state index contributed by atoms with van der Waals surface area (Å²) in [6.07, 6.45) is 1.39. The highest BCUT2D eigenvalue weighted by molar-refractivity contribution is 8.04. The van der Waals surface area contributed by atoms with E-state index < -0.39 is 0 Å². The van der Waals surface area contributed by atoms with E-state index in [0.717, 1.165) is 30.2 Å². The molecule has 0 aliphatic carbocycles. The van der Waals surface area contributed by atoms with Crippen LogP contribution in [0.3, 0.4) is 0 Å². The Labute approximate surface area is 160 Å². The van der Waals surface area contributed by atoms with Crippen molar-refractivity contribution in [3.8, 4) is 0 Å². The second kappa shape index (κ2) is 9.78. The third kappa shape index (κ3) is 6.50. The Morgan fingerprint density at radius 1 is 1.19 bits per heavy atom. The number of nitrogens with one attached hydrogen (secondary N) is 2. The van der Waals surface area contributed by atoms with E-state index >= 15 is 0 Å². The van der Waals surface area contributed by atoms with Gasteiger partial charge in [0.1, 0.15) is 0 Å². The summed E-state index contributed by atoms with van der Waals surface area (Å²) < 4.78 is 0. The van der Waals surface area contributed by atoms with Gasteiger partial charge in [-0.2, -0.15) is 0 Å². The van der Waals surface area contributed by atoms with E-state index in [1.165, 1.54) is 17.8 Å². The Hall–Kier alpha value is -1.79. The highest BCUT2D eigenvalue weighted by Gasteiger charge is 2.21. The van der Waals surface area contributed by atoms with Gasteiger partial charge in [-0.15, -0.1) is 0 Å². The van der Waals surface area contributed by atoms with E-state index in [4.69, 9.17) is 0 Å². The fourth-order valence-electron chi connectivity index (χ4n) is 2.90. The molecular formula is C20H29N3O2S. The molecule has 0 aromatic heterocycles. The van der Waals surface area contributed by atoms with E-state index in [1.807, 2.05) is 24.3 Å². The maximum atomic E-state index is 12.2. The molecule has 1 aliphatic rings. The number of carbonyl (C=O) groups excluding carboxylic acids is 2. The molecule has 0 unspecified atom stereocenters. The number of nitrogens with zero attached hydrogens (tertiary/aromatic N) is 1. The molecule has 0 fully saturated rings. The van der Waals surface area contributed by atoms with Crippen LogP contribution in [0.1, 0.15) is 27.7 Å². The number of hydrogen-bond donors (Lipinski definition) is 2. The van der Waals surface area contributed by atoms with Crippen molar-refractivity contribution in [2.45, 2.75) is 32.6 Å². The highest BCUT2D eigenvalue weighted by Crippen LogP contribution is 2.37. The second-order valence-electron chi connectivity index (χ2n) is 7.40. The topological polar surface area (TPSA) is 61.4 Å². The molecule has 0 spiro atoms. The smallest absolute Gasteiger partial charge is 0.262 e. The van der Waals surface area contributed by atoms with Crippen LogP contribution in [-0.2, 0) is 9.59 Å². The van der Waals surface area contributed by atoms with Crippen molar-refractivity contribution >= 4 is 29.3 Å². The maximum absolute atomic E-state index is 12.2. The van der Waals surface area contributed by atoms with E-state index in [1.54, 1.807) is 0 Å². The van der Waals surface area contributed by atoms with E-state index in [2.05, 4.69) is 43.2 Å². The molecule has 2 rings (SSSR count). The molecule has 1 heterocycles. The van der Waals surface area contributed by atoms with E-state index in [-0.39, 0.29) is 11.8 Å². The Morgan fingerprint density at radius 2 is 1.85 bits per heavy atom. The predicted octanol–water partition coefficient (Wildman–Crippen LogP) is 3.34. The summed E-state index contributed by atoms with van der Waals surface area (Å²) in [6, 6.07) is 7.58. The average Bonchev–Trinajstić information content (AvgIpc) is 2.54. The first-order valence-electron chi connectivity index (χ1n) is 9.15. The lowest BCUT2D eigenvalue weighted by Gasteiger charge is -2.26. The lowest BCUT2D eigenvalue weighted by molar-refractivity contribution is -0.117. The van der Waals surface area contributed by atoms with Crippen LogP contribution < -0.4 is 10.6 Å². The van der Waals surface area contributed by atoms with Gasteiger partial charge < -0.3 is 15.5 Å². The fourth-order valence-corrected chi connectivity index (χ4v) is 3.82. The number of benzene rings is 1. The Kier molecular flexibility index (Phi) is 7.72. The van der Waals surface area contributed by atoms with Gasteiger partial charge in [0.2, 0.25) is 5.91 Å². The molecule has 1 aromatic carbocycles. The molecule has 0 saturated carbocycles. The van der Waals surface area contributed by atoms with Crippen molar-refractivity contribution in [1.29, 1.82) is 0 Å². The summed E-state index contributed by atoms with van der Waals surface area (Å²) in [5, 5.41) is 5.72.